The molecule has 0 aromatic rings. The van der Waals surface area contributed by atoms with E-state index in [1.54, 1.807) is 7.11 Å². The highest BCUT2D eigenvalue weighted by molar-refractivity contribution is 4.45. The van der Waals surface area contributed by atoms with Crippen molar-refractivity contribution < 1.29 is 4.74 Å². The summed E-state index contributed by atoms with van der Waals surface area (Å²) in [4.78, 5) is 2.12. The van der Waals surface area contributed by atoms with Crippen LogP contribution in [0.15, 0.2) is 0 Å². The fourth-order valence-electron chi connectivity index (χ4n) is 0.766. The van der Waals surface area contributed by atoms with Crippen LogP contribution in [0.25, 0.3) is 0 Å². The zero-order valence-corrected chi connectivity index (χ0v) is 8.18. The Morgan fingerprint density at radius 2 is 1.92 bits per heavy atom. The summed E-state index contributed by atoms with van der Waals surface area (Å²) in [6.07, 6.45) is 0. The molecule has 5 heteroatoms. The summed E-state index contributed by atoms with van der Waals surface area (Å²) in [6, 6.07) is 0. The summed E-state index contributed by atoms with van der Waals surface area (Å²) in [5, 5.41) is 9.31. The lowest BCUT2D eigenvalue weighted by Crippen LogP contribution is -2.40. The van der Waals surface area contributed by atoms with Gasteiger partial charge in [-0.3, -0.25) is 15.5 Å². The predicted molar refractivity (Wildman–Crippen MR) is 49.6 cm³/mol. The molecule has 0 saturated heterocycles. The average Bonchev–Trinajstić information content (AvgIpc) is 2.06. The molecule has 0 bridgehead atoms. The molecular weight excluding hydrogens is 156 g/mol. The fraction of sp³-hybridized carbons (Fsp3) is 1.00. The van der Waals surface area contributed by atoms with Crippen molar-refractivity contribution in [1.82, 2.24) is 20.9 Å². The van der Waals surface area contributed by atoms with E-state index < -0.39 is 0 Å². The van der Waals surface area contributed by atoms with Crippen LogP contribution >= 0.6 is 0 Å². The first-order valence-electron chi connectivity index (χ1n) is 4.04. The van der Waals surface area contributed by atoms with E-state index in [-0.39, 0.29) is 0 Å². The molecule has 3 N–H and O–H groups in total. The number of hydrogen-bond acceptors (Lipinski definition) is 5. The normalized spacial score (nSPS) is 11.0. The Kier molecular flexibility index (Phi) is 8.74. The number of hydrogen-bond donors (Lipinski definition) is 3. The summed E-state index contributed by atoms with van der Waals surface area (Å²) in [7, 11) is 5.62. The lowest BCUT2D eigenvalue weighted by Gasteiger charge is -2.17. The maximum atomic E-state index is 4.85. The van der Waals surface area contributed by atoms with Gasteiger partial charge in [0.15, 0.2) is 0 Å². The number of rotatable bonds is 8. The van der Waals surface area contributed by atoms with Crippen LogP contribution in [0.3, 0.4) is 0 Å². The molecule has 12 heavy (non-hydrogen) atoms. The lowest BCUT2D eigenvalue weighted by atomic mass is 10.7. The molecule has 0 radical (unpaired) electrons. The monoisotopic (exact) mass is 176 g/mol. The van der Waals surface area contributed by atoms with Gasteiger partial charge in [-0.1, -0.05) is 0 Å². The number of nitrogens with one attached hydrogen (secondary N) is 3. The third-order valence-electron chi connectivity index (χ3n) is 1.31. The van der Waals surface area contributed by atoms with Crippen molar-refractivity contribution in [3.05, 3.63) is 0 Å². The highest BCUT2D eigenvalue weighted by Crippen LogP contribution is 1.73. The Morgan fingerprint density at radius 1 is 1.25 bits per heavy atom. The molecule has 0 saturated carbocycles. The van der Waals surface area contributed by atoms with Gasteiger partial charge in [-0.05, 0) is 14.1 Å². The Morgan fingerprint density at radius 3 is 2.50 bits per heavy atom. The molecule has 0 unspecified atom stereocenters. The van der Waals surface area contributed by atoms with Crippen molar-refractivity contribution in [3.8, 4) is 0 Å². The number of methoxy groups -OCH3 is 1. The minimum absolute atomic E-state index is 0.594. The Labute approximate surface area is 74.5 Å². The Hall–Kier alpha value is -0.200. The second kappa shape index (κ2) is 8.89. The molecule has 5 nitrogen and oxygen atoms in total. The molecule has 0 aromatic carbocycles. The molecule has 0 fully saturated rings. The van der Waals surface area contributed by atoms with Crippen molar-refractivity contribution >= 4 is 0 Å². The Bertz CT molecular complexity index is 81.5. The van der Waals surface area contributed by atoms with E-state index in [0.717, 1.165) is 20.0 Å². The standard InChI is InChI=1S/C7H20N4O/c1-8-4-9-5-11(2)6-10-7-12-3/h8-10H,4-7H2,1-3H3. The van der Waals surface area contributed by atoms with Crippen molar-refractivity contribution in [3.63, 3.8) is 0 Å². The largest absolute Gasteiger partial charge is 0.370 e. The SMILES string of the molecule is CNCNCN(C)CNCOC. The van der Waals surface area contributed by atoms with E-state index in [1.165, 1.54) is 0 Å². The first kappa shape index (κ1) is 11.8. The van der Waals surface area contributed by atoms with Gasteiger partial charge in [0.2, 0.25) is 0 Å². The predicted octanol–water partition coefficient (Wildman–Crippen LogP) is -1.21. The van der Waals surface area contributed by atoms with Gasteiger partial charge in [0, 0.05) is 20.4 Å². The molecule has 0 atom stereocenters. The van der Waals surface area contributed by atoms with Crippen LogP contribution in [0.4, 0.5) is 0 Å². The highest BCUT2D eigenvalue weighted by Gasteiger charge is 1.93. The molecular formula is C7H20N4O. The zero-order valence-electron chi connectivity index (χ0n) is 8.18. The van der Waals surface area contributed by atoms with Gasteiger partial charge in [0.1, 0.15) is 0 Å². The highest BCUT2D eigenvalue weighted by atomic mass is 16.5. The van der Waals surface area contributed by atoms with Gasteiger partial charge < -0.3 is 10.1 Å². The molecule has 0 amide bonds. The van der Waals surface area contributed by atoms with Gasteiger partial charge in [0.25, 0.3) is 0 Å². The summed E-state index contributed by atoms with van der Waals surface area (Å²) in [5.74, 6) is 0. The van der Waals surface area contributed by atoms with Crippen LogP contribution in [0.1, 0.15) is 0 Å². The molecule has 0 aromatic heterocycles. The molecule has 0 rings (SSSR count). The van der Waals surface area contributed by atoms with E-state index in [2.05, 4.69) is 20.9 Å². The van der Waals surface area contributed by atoms with Gasteiger partial charge in [-0.2, -0.15) is 0 Å². The minimum atomic E-state index is 0.594. The van der Waals surface area contributed by atoms with Crippen LogP contribution in [0, 0.1) is 0 Å². The van der Waals surface area contributed by atoms with Crippen molar-refractivity contribution in [2.45, 2.75) is 0 Å². The van der Waals surface area contributed by atoms with E-state index >= 15 is 0 Å². The van der Waals surface area contributed by atoms with Gasteiger partial charge in [-0.25, -0.2) is 0 Å². The number of ether oxygens (including phenoxy) is 1. The molecule has 0 aliphatic heterocycles. The van der Waals surface area contributed by atoms with Crippen molar-refractivity contribution in [1.29, 1.82) is 0 Å². The Balaban J connectivity index is 3.04. The maximum Gasteiger partial charge on any atom is 0.0971 e. The molecule has 0 aliphatic carbocycles. The molecule has 0 spiro atoms. The molecule has 74 valence electrons. The minimum Gasteiger partial charge on any atom is -0.370 e. The van der Waals surface area contributed by atoms with E-state index in [4.69, 9.17) is 4.74 Å². The van der Waals surface area contributed by atoms with E-state index in [9.17, 15) is 0 Å². The van der Waals surface area contributed by atoms with Gasteiger partial charge in [0.05, 0.1) is 13.4 Å². The van der Waals surface area contributed by atoms with Crippen LogP contribution in [0.5, 0.6) is 0 Å². The molecule has 0 aliphatic rings. The van der Waals surface area contributed by atoms with Crippen LogP contribution in [-0.2, 0) is 4.74 Å². The third-order valence-corrected chi connectivity index (χ3v) is 1.31. The summed E-state index contributed by atoms with van der Waals surface area (Å²) in [6.45, 7) is 3.10. The molecule has 0 heterocycles. The number of nitrogens with zero attached hydrogens (tertiary/aromatic N) is 1. The second-order valence-electron chi connectivity index (χ2n) is 2.64. The summed E-state index contributed by atoms with van der Waals surface area (Å²) >= 11 is 0. The topological polar surface area (TPSA) is 48.6 Å². The fourth-order valence-corrected chi connectivity index (χ4v) is 0.766. The van der Waals surface area contributed by atoms with Gasteiger partial charge >= 0.3 is 0 Å². The summed E-state index contributed by atoms with van der Waals surface area (Å²) in [5.41, 5.74) is 0. The summed E-state index contributed by atoms with van der Waals surface area (Å²) < 4.78 is 4.85. The lowest BCUT2D eigenvalue weighted by molar-refractivity contribution is 0.151. The van der Waals surface area contributed by atoms with Crippen molar-refractivity contribution in [2.75, 3.05) is 47.9 Å². The smallest absolute Gasteiger partial charge is 0.0971 e. The third kappa shape index (κ3) is 7.90. The first-order chi connectivity index (χ1) is 5.81. The second-order valence-corrected chi connectivity index (χ2v) is 2.64. The maximum absolute atomic E-state index is 4.85. The first-order valence-corrected chi connectivity index (χ1v) is 4.04. The van der Waals surface area contributed by atoms with Crippen LogP contribution in [-0.4, -0.2) is 52.8 Å². The van der Waals surface area contributed by atoms with Gasteiger partial charge in [-0.15, -0.1) is 0 Å². The van der Waals surface area contributed by atoms with E-state index in [1.807, 2.05) is 14.1 Å². The van der Waals surface area contributed by atoms with Crippen LogP contribution in [0.2, 0.25) is 0 Å². The average molecular weight is 176 g/mol. The zero-order chi connectivity index (χ0) is 9.23. The van der Waals surface area contributed by atoms with E-state index in [0.29, 0.717) is 6.73 Å². The van der Waals surface area contributed by atoms with Crippen LogP contribution < -0.4 is 16.0 Å². The quantitative estimate of drug-likeness (QED) is 0.320. The van der Waals surface area contributed by atoms with Crippen molar-refractivity contribution in [2.24, 2.45) is 0 Å².